The summed E-state index contributed by atoms with van der Waals surface area (Å²) in [6, 6.07) is 0. The molecule has 3 saturated heterocycles. The predicted molar refractivity (Wildman–Crippen MR) is 238 cm³/mol. The van der Waals surface area contributed by atoms with Gasteiger partial charge in [-0.1, -0.05) is 53.2 Å². The van der Waals surface area contributed by atoms with Crippen molar-refractivity contribution < 1.29 is 94.4 Å². The van der Waals surface area contributed by atoms with Crippen molar-refractivity contribution in [2.75, 3.05) is 33.5 Å². The third-order valence-corrected chi connectivity index (χ3v) is 19.8. The molecule has 7 fully saturated rings. The van der Waals surface area contributed by atoms with Crippen molar-refractivity contribution >= 4 is 0 Å². The number of allylic oxidation sites excluding steroid dienone is 1. The highest BCUT2D eigenvalue weighted by molar-refractivity contribution is 5.37. The predicted octanol–water partition coefficient (Wildman–Crippen LogP) is -0.790. The monoisotopic (exact) mass is 975 g/mol. The molecule has 68 heavy (non-hydrogen) atoms. The third kappa shape index (κ3) is 8.21. The van der Waals surface area contributed by atoms with Crippen molar-refractivity contribution in [1.82, 2.24) is 0 Å². The SMILES string of the molecule is CO[C@@H]1C=C2C3CC(C)(C)CC[C@]3(CO)[C@@H](O)C[C@@]2(C)[C@]2(C)CCC3[C@](C)(CCC(O[C@@H]4O[C@H](CO[C@@H]5O[C@H](CO)[C@@H](O)[C@H](O)[C@H]5O)[C@H](O[C@@H]5O[C@@H](C)[C@H](O)[C@@H](O)[C@H]5O)[C@H](O)[C@H]4O)[C@@]3(C)CO)C12. The van der Waals surface area contributed by atoms with Gasteiger partial charge in [-0.15, -0.1) is 0 Å². The Balaban J connectivity index is 1.07. The molecule has 19 heteroatoms. The molecule has 392 valence electrons. The molecule has 5 aliphatic carbocycles. The fourth-order valence-corrected chi connectivity index (χ4v) is 15.4. The second-order valence-corrected chi connectivity index (χ2v) is 23.8. The van der Waals surface area contributed by atoms with E-state index in [1.54, 1.807) is 7.11 Å². The maximum absolute atomic E-state index is 12.2. The lowest BCUT2D eigenvalue weighted by Crippen LogP contribution is -2.70. The molecule has 0 aromatic heterocycles. The second-order valence-electron chi connectivity index (χ2n) is 23.8. The first-order valence-corrected chi connectivity index (χ1v) is 24.9. The van der Waals surface area contributed by atoms with Crippen LogP contribution in [-0.4, -0.2) is 205 Å². The van der Waals surface area contributed by atoms with Crippen molar-refractivity contribution in [1.29, 1.82) is 0 Å². The molecule has 0 bridgehead atoms. The molecular weight excluding hydrogens is 893 g/mol. The van der Waals surface area contributed by atoms with Crippen LogP contribution in [0.2, 0.25) is 0 Å². The quantitative estimate of drug-likeness (QED) is 0.0892. The lowest BCUT2D eigenvalue weighted by molar-refractivity contribution is -0.375. The van der Waals surface area contributed by atoms with E-state index in [4.69, 9.17) is 33.2 Å². The lowest BCUT2D eigenvalue weighted by Gasteiger charge is -2.73. The van der Waals surface area contributed by atoms with E-state index in [2.05, 4.69) is 40.7 Å². The second kappa shape index (κ2) is 19.0. The Labute approximate surface area is 399 Å². The van der Waals surface area contributed by atoms with Crippen LogP contribution in [0.4, 0.5) is 0 Å². The summed E-state index contributed by atoms with van der Waals surface area (Å²) in [5.74, 6) is -0.216. The van der Waals surface area contributed by atoms with Gasteiger partial charge in [0.05, 0.1) is 50.8 Å². The number of ether oxygens (including phenoxy) is 7. The van der Waals surface area contributed by atoms with Gasteiger partial charge >= 0.3 is 0 Å². The number of aliphatic hydroxyl groups excluding tert-OH is 12. The molecule has 8 rings (SSSR count). The first-order chi connectivity index (χ1) is 31.8. The molecule has 3 heterocycles. The molecule has 0 radical (unpaired) electrons. The van der Waals surface area contributed by atoms with E-state index in [0.29, 0.717) is 25.7 Å². The van der Waals surface area contributed by atoms with Gasteiger partial charge in [0.15, 0.2) is 18.9 Å². The lowest BCUT2D eigenvalue weighted by atomic mass is 9.32. The van der Waals surface area contributed by atoms with E-state index < -0.39 is 139 Å². The summed E-state index contributed by atoms with van der Waals surface area (Å²) >= 11 is 0. The molecule has 3 aliphatic heterocycles. The minimum absolute atomic E-state index is 0.0187. The molecule has 0 amide bonds. The van der Waals surface area contributed by atoms with E-state index in [1.807, 2.05) is 6.92 Å². The van der Waals surface area contributed by atoms with E-state index >= 15 is 0 Å². The highest BCUT2D eigenvalue weighted by Gasteiger charge is 2.72. The van der Waals surface area contributed by atoms with Crippen LogP contribution < -0.4 is 0 Å². The van der Waals surface area contributed by atoms with Gasteiger partial charge < -0.3 is 94.4 Å². The Bertz CT molecular complexity index is 1800. The van der Waals surface area contributed by atoms with Crippen molar-refractivity contribution in [2.24, 2.45) is 50.2 Å². The van der Waals surface area contributed by atoms with Crippen LogP contribution in [0, 0.1) is 50.2 Å². The Morgan fingerprint density at radius 2 is 1.28 bits per heavy atom. The number of hydrogen-bond acceptors (Lipinski definition) is 19. The van der Waals surface area contributed by atoms with E-state index in [1.165, 1.54) is 12.5 Å². The average molecular weight is 975 g/mol. The maximum atomic E-state index is 12.2. The fraction of sp³-hybridized carbons (Fsp3) is 0.959. The molecule has 0 aromatic carbocycles. The number of methoxy groups -OCH3 is 1. The molecular formula is C49H82O19. The molecule has 4 unspecified atom stereocenters. The molecule has 19 nitrogen and oxygen atoms in total. The number of rotatable bonds is 11. The zero-order valence-corrected chi connectivity index (χ0v) is 40.9. The van der Waals surface area contributed by atoms with Crippen LogP contribution in [0.3, 0.4) is 0 Å². The Kier molecular flexibility index (Phi) is 14.9. The first-order valence-electron chi connectivity index (χ1n) is 24.9. The topological polar surface area (TPSA) is 307 Å². The van der Waals surface area contributed by atoms with Crippen molar-refractivity contribution in [3.8, 4) is 0 Å². The van der Waals surface area contributed by atoms with Crippen molar-refractivity contribution in [3.63, 3.8) is 0 Å². The van der Waals surface area contributed by atoms with Gasteiger partial charge in [0, 0.05) is 23.9 Å². The molecule has 0 aromatic rings. The Morgan fingerprint density at radius 3 is 1.93 bits per heavy atom. The molecule has 8 aliphatic rings. The zero-order valence-electron chi connectivity index (χ0n) is 40.9. The maximum Gasteiger partial charge on any atom is 0.187 e. The van der Waals surface area contributed by atoms with Crippen LogP contribution >= 0.6 is 0 Å². The smallest absolute Gasteiger partial charge is 0.187 e. The van der Waals surface area contributed by atoms with E-state index in [0.717, 1.165) is 25.7 Å². The minimum Gasteiger partial charge on any atom is -0.396 e. The normalized spacial score (nSPS) is 55.8. The summed E-state index contributed by atoms with van der Waals surface area (Å²) in [7, 11) is 1.74. The zero-order chi connectivity index (χ0) is 49.8. The van der Waals surface area contributed by atoms with Crippen LogP contribution in [0.1, 0.15) is 99.8 Å². The molecule has 4 saturated carbocycles. The van der Waals surface area contributed by atoms with Gasteiger partial charge in [0.2, 0.25) is 0 Å². The van der Waals surface area contributed by atoms with Crippen LogP contribution in [-0.2, 0) is 33.2 Å². The van der Waals surface area contributed by atoms with Crippen LogP contribution in [0.25, 0.3) is 0 Å². The first kappa shape index (κ1) is 53.3. The number of fused-ring (bicyclic) bond motifs is 7. The molecule has 0 spiro atoms. The molecule has 26 atom stereocenters. The fourth-order valence-electron chi connectivity index (χ4n) is 15.4. The summed E-state index contributed by atoms with van der Waals surface area (Å²) in [4.78, 5) is 0. The highest BCUT2D eigenvalue weighted by atomic mass is 16.8. The summed E-state index contributed by atoms with van der Waals surface area (Å²) in [5, 5.41) is 131. The minimum atomic E-state index is -1.83. The number of hydrogen-bond donors (Lipinski definition) is 12. The highest BCUT2D eigenvalue weighted by Crippen LogP contribution is 2.76. The van der Waals surface area contributed by atoms with Gasteiger partial charge in [-0.25, -0.2) is 0 Å². The summed E-state index contributed by atoms with van der Waals surface area (Å²) < 4.78 is 42.7. The van der Waals surface area contributed by atoms with Gasteiger partial charge in [-0.05, 0) is 91.8 Å². The van der Waals surface area contributed by atoms with Gasteiger partial charge in [-0.3, -0.25) is 0 Å². The summed E-state index contributed by atoms with van der Waals surface area (Å²) in [6.07, 6.45) is -17.8. The van der Waals surface area contributed by atoms with Crippen molar-refractivity contribution in [2.45, 2.75) is 210 Å². The van der Waals surface area contributed by atoms with E-state index in [9.17, 15) is 61.3 Å². The van der Waals surface area contributed by atoms with Gasteiger partial charge in [0.1, 0.15) is 67.1 Å². The summed E-state index contributed by atoms with van der Waals surface area (Å²) in [5.41, 5.74) is -1.45. The van der Waals surface area contributed by atoms with Crippen LogP contribution in [0.5, 0.6) is 0 Å². The van der Waals surface area contributed by atoms with Crippen molar-refractivity contribution in [3.05, 3.63) is 11.6 Å². The average Bonchev–Trinajstić information content (AvgIpc) is 3.29. The molecule has 12 N–H and O–H groups in total. The Morgan fingerprint density at radius 1 is 0.647 bits per heavy atom. The van der Waals surface area contributed by atoms with Gasteiger partial charge in [0.25, 0.3) is 0 Å². The standard InChI is InChI=1S/C49H82O19/c1-22-31(54)33(56)37(60)42(64-22)68-39-27(19-63-41-36(59)34(57)32(55)26(18-50)65-41)66-43(38(61)35(39)58)67-30-10-11-45(4)28(46(30,5)20-51)9-12-47(6)40(45)25(62-8)15-23-24-16-44(2,3)13-14-49(24,21-52)29(53)17-48(23,47)7/h15,22,24-43,50-61H,9-14,16-21H2,1-8H3/t22-,24?,25+,26+,27+,28?,29-,30?,31-,32+,33+,34-,35+,36+,37+,38+,39-,40?,41+,42-,43-,45-,46-,47+,48+,49+/m0/s1. The third-order valence-electron chi connectivity index (χ3n) is 19.8. The Hall–Kier alpha value is -1.02. The number of aliphatic hydroxyl groups is 12. The van der Waals surface area contributed by atoms with Gasteiger partial charge in [-0.2, -0.15) is 0 Å². The van der Waals surface area contributed by atoms with E-state index in [-0.39, 0.29) is 47.9 Å². The summed E-state index contributed by atoms with van der Waals surface area (Å²) in [6.45, 7) is 13.2. The van der Waals surface area contributed by atoms with Crippen LogP contribution in [0.15, 0.2) is 11.6 Å². The largest absolute Gasteiger partial charge is 0.396 e.